The van der Waals surface area contributed by atoms with Gasteiger partial charge in [0.2, 0.25) is 0 Å². The van der Waals surface area contributed by atoms with Crippen LogP contribution in [0.25, 0.3) is 0 Å². The van der Waals surface area contributed by atoms with Crippen LogP contribution in [0.5, 0.6) is 0 Å². The van der Waals surface area contributed by atoms with Crippen LogP contribution in [-0.2, 0) is 9.09 Å². The lowest BCUT2D eigenvalue weighted by Gasteiger charge is -2.14. The van der Waals surface area contributed by atoms with Gasteiger partial charge in [-0.15, -0.1) is 0 Å². The van der Waals surface area contributed by atoms with Gasteiger partial charge in [-0.1, -0.05) is 19.8 Å². The summed E-state index contributed by atoms with van der Waals surface area (Å²) in [7, 11) is -4.46. The number of quaternary nitrogens is 1. The summed E-state index contributed by atoms with van der Waals surface area (Å²) in [5.74, 6) is 0. The molecule has 0 heterocycles. The molecule has 5 nitrogen and oxygen atoms in total. The van der Waals surface area contributed by atoms with Crippen molar-refractivity contribution < 1.29 is 18.9 Å². The van der Waals surface area contributed by atoms with E-state index < -0.39 is 7.82 Å². The van der Waals surface area contributed by atoms with Crippen molar-refractivity contribution in [2.24, 2.45) is 0 Å². The first-order valence-electron chi connectivity index (χ1n) is 3.24. The Morgan fingerprint density at radius 3 is 2.45 bits per heavy atom. The Balaban J connectivity index is 0. The molecule has 1 unspecified atom stereocenters. The third-order valence-electron chi connectivity index (χ3n) is 1.00. The van der Waals surface area contributed by atoms with E-state index in [1.165, 1.54) is 0 Å². The molecule has 0 radical (unpaired) electrons. The van der Waals surface area contributed by atoms with E-state index in [4.69, 9.17) is 4.89 Å². The monoisotopic (exact) mass is 185 g/mol. The maximum absolute atomic E-state index is 9.96. The highest BCUT2D eigenvalue weighted by atomic mass is 31.2. The lowest BCUT2D eigenvalue weighted by molar-refractivity contribution is -0.219. The number of hydrogen-bond donors (Lipinski definition) is 2. The highest BCUT2D eigenvalue weighted by Crippen LogP contribution is 2.30. The van der Waals surface area contributed by atoms with Gasteiger partial charge in [-0.05, 0) is 6.42 Å². The van der Waals surface area contributed by atoms with E-state index in [9.17, 15) is 9.46 Å². The van der Waals surface area contributed by atoms with Crippen LogP contribution in [0, 0.1) is 0 Å². The molecule has 0 saturated carbocycles. The molecule has 0 aromatic rings. The van der Waals surface area contributed by atoms with Gasteiger partial charge in [-0.2, -0.15) is 0 Å². The van der Waals surface area contributed by atoms with Gasteiger partial charge < -0.3 is 20.5 Å². The fraction of sp³-hybridized carbons (Fsp3) is 1.00. The molecular formula is C5H16NO4P. The summed E-state index contributed by atoms with van der Waals surface area (Å²) in [6.45, 7) is 2.08. The summed E-state index contributed by atoms with van der Waals surface area (Å²) in [6, 6.07) is 0. The standard InChI is InChI=1S/C5H13O4P.H3N/c1-2-3-4-5-9-10(6,7)8;/h2-5H2,1H3,(H2,6,7,8);1H3. The first-order chi connectivity index (χ1) is 4.56. The molecule has 0 bridgehead atoms. The van der Waals surface area contributed by atoms with Crippen LogP contribution in [0.3, 0.4) is 0 Å². The van der Waals surface area contributed by atoms with Crippen molar-refractivity contribution in [3.05, 3.63) is 0 Å². The summed E-state index contributed by atoms with van der Waals surface area (Å²) in [5, 5.41) is 0. The predicted molar refractivity (Wildman–Crippen MR) is 41.3 cm³/mol. The van der Waals surface area contributed by atoms with Crippen molar-refractivity contribution in [1.29, 1.82) is 0 Å². The molecule has 11 heavy (non-hydrogen) atoms. The quantitative estimate of drug-likeness (QED) is 0.492. The Kier molecular flexibility index (Phi) is 8.39. The van der Waals surface area contributed by atoms with Gasteiger partial charge in [-0.3, -0.25) is 4.57 Å². The van der Waals surface area contributed by atoms with Crippen molar-refractivity contribution in [1.82, 2.24) is 6.15 Å². The maximum atomic E-state index is 9.96. The third-order valence-corrected chi connectivity index (χ3v) is 1.51. The van der Waals surface area contributed by atoms with Gasteiger partial charge in [0.25, 0.3) is 7.82 Å². The van der Waals surface area contributed by atoms with Crippen molar-refractivity contribution >= 4 is 7.82 Å². The molecule has 0 aliphatic rings. The Labute approximate surface area is 66.6 Å². The van der Waals surface area contributed by atoms with Gasteiger partial charge in [0.15, 0.2) is 0 Å². The van der Waals surface area contributed by atoms with E-state index in [0.29, 0.717) is 6.42 Å². The predicted octanol–water partition coefficient (Wildman–Crippen LogP) is 1.03. The van der Waals surface area contributed by atoms with Crippen LogP contribution < -0.4 is 11.0 Å². The molecule has 70 valence electrons. The maximum Gasteiger partial charge on any atom is 0.265 e. The molecular weight excluding hydrogens is 169 g/mol. The van der Waals surface area contributed by atoms with Gasteiger partial charge in [0, 0.05) is 0 Å². The second-order valence-electron chi connectivity index (χ2n) is 2.01. The Morgan fingerprint density at radius 1 is 1.55 bits per heavy atom. The van der Waals surface area contributed by atoms with E-state index in [-0.39, 0.29) is 12.8 Å². The summed E-state index contributed by atoms with van der Waals surface area (Å²) in [6.07, 6.45) is 2.58. The minimum atomic E-state index is -4.46. The average molecular weight is 185 g/mol. The molecule has 0 aliphatic heterocycles. The second-order valence-corrected chi connectivity index (χ2v) is 3.20. The SMILES string of the molecule is CCCCCOP(=O)([O-])O.[NH4+]. The van der Waals surface area contributed by atoms with Crippen LogP contribution in [-0.4, -0.2) is 11.5 Å². The largest absolute Gasteiger partial charge is 0.756 e. The molecule has 0 aliphatic carbocycles. The Morgan fingerprint density at radius 2 is 2.09 bits per heavy atom. The highest BCUT2D eigenvalue weighted by Gasteiger charge is 1.99. The molecule has 1 atom stereocenters. The fourth-order valence-corrected chi connectivity index (χ4v) is 0.892. The number of rotatable bonds is 5. The van der Waals surface area contributed by atoms with Crippen molar-refractivity contribution in [3.8, 4) is 0 Å². The van der Waals surface area contributed by atoms with Crippen LogP contribution in [0.2, 0.25) is 0 Å². The smallest absolute Gasteiger partial charge is 0.265 e. The van der Waals surface area contributed by atoms with E-state index in [1.54, 1.807) is 0 Å². The van der Waals surface area contributed by atoms with Crippen LogP contribution in [0.1, 0.15) is 26.2 Å². The molecule has 6 heteroatoms. The Hall–Kier alpha value is 0.0700. The molecule has 0 spiro atoms. The average Bonchev–Trinajstić information content (AvgIpc) is 1.78. The molecule has 0 saturated heterocycles. The number of unbranched alkanes of at least 4 members (excludes halogenated alkanes) is 2. The van der Waals surface area contributed by atoms with Crippen molar-refractivity contribution in [2.75, 3.05) is 6.61 Å². The fourth-order valence-electron chi connectivity index (χ4n) is 0.532. The number of phosphoric ester groups is 1. The molecule has 0 aromatic carbocycles. The van der Waals surface area contributed by atoms with Crippen LogP contribution >= 0.6 is 7.82 Å². The molecule has 0 aromatic heterocycles. The molecule has 0 rings (SSSR count). The normalized spacial score (nSPS) is 15.2. The zero-order valence-electron chi connectivity index (χ0n) is 6.95. The molecule has 0 amide bonds. The van der Waals surface area contributed by atoms with Gasteiger partial charge in [0.1, 0.15) is 0 Å². The van der Waals surface area contributed by atoms with E-state index in [0.717, 1.165) is 12.8 Å². The highest BCUT2D eigenvalue weighted by molar-refractivity contribution is 7.44. The zero-order valence-corrected chi connectivity index (χ0v) is 7.84. The number of hydrogen-bond acceptors (Lipinski definition) is 3. The third kappa shape index (κ3) is 13.1. The second kappa shape index (κ2) is 6.76. The van der Waals surface area contributed by atoms with Crippen LogP contribution in [0.4, 0.5) is 0 Å². The first-order valence-corrected chi connectivity index (χ1v) is 4.74. The summed E-state index contributed by atoms with van der Waals surface area (Å²) < 4.78 is 14.0. The Bertz CT molecular complexity index is 124. The zero-order chi connectivity index (χ0) is 8.04. The number of phosphoric acid groups is 1. The van der Waals surface area contributed by atoms with E-state index in [2.05, 4.69) is 4.52 Å². The summed E-state index contributed by atoms with van der Waals surface area (Å²) in [4.78, 5) is 18.1. The lowest BCUT2D eigenvalue weighted by Crippen LogP contribution is -2.04. The topological polar surface area (TPSA) is 106 Å². The van der Waals surface area contributed by atoms with Crippen molar-refractivity contribution in [2.45, 2.75) is 26.2 Å². The van der Waals surface area contributed by atoms with E-state index in [1.807, 2.05) is 6.92 Å². The van der Waals surface area contributed by atoms with Crippen LogP contribution in [0.15, 0.2) is 0 Å². The molecule has 5 N–H and O–H groups in total. The lowest BCUT2D eigenvalue weighted by atomic mass is 10.3. The van der Waals surface area contributed by atoms with Gasteiger partial charge >= 0.3 is 0 Å². The summed E-state index contributed by atoms with van der Waals surface area (Å²) in [5.41, 5.74) is 0. The summed E-state index contributed by atoms with van der Waals surface area (Å²) >= 11 is 0. The minimum absolute atomic E-state index is 0. The van der Waals surface area contributed by atoms with Gasteiger partial charge in [-0.25, -0.2) is 0 Å². The van der Waals surface area contributed by atoms with E-state index >= 15 is 0 Å². The van der Waals surface area contributed by atoms with Crippen molar-refractivity contribution in [3.63, 3.8) is 0 Å². The minimum Gasteiger partial charge on any atom is -0.756 e. The molecule has 0 fully saturated rings. The first kappa shape index (κ1) is 13.6. The van der Waals surface area contributed by atoms with Gasteiger partial charge in [0.05, 0.1) is 6.61 Å².